The van der Waals surface area contributed by atoms with E-state index < -0.39 is 0 Å². The number of hydrogen-bond donors (Lipinski definition) is 2. The van der Waals surface area contributed by atoms with Crippen LogP contribution in [0, 0.1) is 0 Å². The van der Waals surface area contributed by atoms with E-state index in [2.05, 4.69) is 10.6 Å². The van der Waals surface area contributed by atoms with E-state index in [1.807, 2.05) is 0 Å². The van der Waals surface area contributed by atoms with Crippen molar-refractivity contribution in [2.45, 2.75) is 18.4 Å². The van der Waals surface area contributed by atoms with Gasteiger partial charge in [-0.1, -0.05) is 0 Å². The molecule has 1 heterocycles. The van der Waals surface area contributed by atoms with Gasteiger partial charge in [0.1, 0.15) is 0 Å². The molecule has 1 aliphatic carbocycles. The number of nitrogens with one attached hydrogen (secondary N) is 2. The number of thiocarbonyl (C=S) groups is 1. The summed E-state index contributed by atoms with van der Waals surface area (Å²) in [6.07, 6.45) is 2.58. The van der Waals surface area contributed by atoms with Crippen LogP contribution in [0.3, 0.4) is 0 Å². The highest BCUT2D eigenvalue weighted by Gasteiger charge is 2.46. The van der Waals surface area contributed by atoms with Gasteiger partial charge in [0, 0.05) is 6.54 Å². The standard InChI is InChI=1S/C5H8N2S/c8-4-6-3-5(7-4)1-2-5/h1-3H2,(H2,6,7,8). The predicted molar refractivity (Wildman–Crippen MR) is 35.7 cm³/mol. The van der Waals surface area contributed by atoms with E-state index in [1.165, 1.54) is 12.8 Å². The average Bonchev–Trinajstić information content (AvgIpc) is 2.34. The van der Waals surface area contributed by atoms with E-state index in [0.717, 1.165) is 11.7 Å². The number of hydrogen-bond acceptors (Lipinski definition) is 1. The Morgan fingerprint density at radius 1 is 1.50 bits per heavy atom. The minimum absolute atomic E-state index is 0.414. The molecule has 0 atom stereocenters. The molecule has 2 N–H and O–H groups in total. The first kappa shape index (κ1) is 4.56. The van der Waals surface area contributed by atoms with Crippen molar-refractivity contribution >= 4 is 17.3 Å². The molecule has 1 aliphatic heterocycles. The van der Waals surface area contributed by atoms with Gasteiger partial charge < -0.3 is 10.6 Å². The second-order valence-electron chi connectivity index (χ2n) is 2.59. The first-order valence-corrected chi connectivity index (χ1v) is 3.28. The quantitative estimate of drug-likeness (QED) is 0.449. The molecule has 2 nitrogen and oxygen atoms in total. The minimum atomic E-state index is 0.414. The lowest BCUT2D eigenvalue weighted by atomic mass is 10.3. The Hall–Kier alpha value is -0.310. The van der Waals surface area contributed by atoms with Crippen molar-refractivity contribution in [3.8, 4) is 0 Å². The van der Waals surface area contributed by atoms with Gasteiger partial charge in [-0.05, 0) is 25.1 Å². The monoisotopic (exact) mass is 128 g/mol. The Morgan fingerprint density at radius 2 is 2.25 bits per heavy atom. The average molecular weight is 128 g/mol. The maximum atomic E-state index is 4.89. The summed E-state index contributed by atoms with van der Waals surface area (Å²) in [5.74, 6) is 0. The summed E-state index contributed by atoms with van der Waals surface area (Å²) in [4.78, 5) is 0. The highest BCUT2D eigenvalue weighted by Crippen LogP contribution is 2.36. The zero-order valence-electron chi connectivity index (χ0n) is 4.53. The van der Waals surface area contributed by atoms with Crippen molar-refractivity contribution in [1.29, 1.82) is 0 Å². The van der Waals surface area contributed by atoms with Crippen LogP contribution in [0.4, 0.5) is 0 Å². The van der Waals surface area contributed by atoms with Gasteiger partial charge in [0.05, 0.1) is 5.54 Å². The molecular weight excluding hydrogens is 120 g/mol. The Bertz CT molecular complexity index is 139. The third-order valence-electron chi connectivity index (χ3n) is 1.82. The molecule has 0 aromatic carbocycles. The van der Waals surface area contributed by atoms with Crippen molar-refractivity contribution in [2.75, 3.05) is 6.54 Å². The zero-order valence-corrected chi connectivity index (χ0v) is 5.35. The topological polar surface area (TPSA) is 24.1 Å². The molecule has 2 aliphatic rings. The van der Waals surface area contributed by atoms with Gasteiger partial charge in [-0.25, -0.2) is 0 Å². The van der Waals surface area contributed by atoms with E-state index in [-0.39, 0.29) is 0 Å². The summed E-state index contributed by atoms with van der Waals surface area (Å²) in [7, 11) is 0. The summed E-state index contributed by atoms with van der Waals surface area (Å²) in [6.45, 7) is 1.05. The Kier molecular flexibility index (Phi) is 0.658. The molecule has 8 heavy (non-hydrogen) atoms. The van der Waals surface area contributed by atoms with Crippen LogP contribution in [-0.2, 0) is 0 Å². The molecule has 0 aromatic heterocycles. The third kappa shape index (κ3) is 0.508. The molecule has 2 fully saturated rings. The lowest BCUT2D eigenvalue weighted by Crippen LogP contribution is -2.27. The minimum Gasteiger partial charge on any atom is -0.360 e. The predicted octanol–water partition coefficient (Wildman–Crippen LogP) is -0.00330. The van der Waals surface area contributed by atoms with Crippen LogP contribution in [0.25, 0.3) is 0 Å². The fourth-order valence-corrected chi connectivity index (χ4v) is 1.32. The van der Waals surface area contributed by atoms with Gasteiger partial charge in [-0.15, -0.1) is 0 Å². The van der Waals surface area contributed by atoms with Crippen LogP contribution in [0.2, 0.25) is 0 Å². The molecule has 0 bridgehead atoms. The molecule has 44 valence electrons. The summed E-state index contributed by atoms with van der Waals surface area (Å²) >= 11 is 4.89. The fourth-order valence-electron chi connectivity index (χ4n) is 1.03. The second-order valence-corrected chi connectivity index (χ2v) is 3.00. The maximum Gasteiger partial charge on any atom is 0.166 e. The van der Waals surface area contributed by atoms with Gasteiger partial charge in [0.15, 0.2) is 5.11 Å². The highest BCUT2D eigenvalue weighted by atomic mass is 32.1. The van der Waals surface area contributed by atoms with Crippen molar-refractivity contribution in [3.63, 3.8) is 0 Å². The first-order chi connectivity index (χ1) is 3.81. The lowest BCUT2D eigenvalue weighted by Gasteiger charge is -2.00. The van der Waals surface area contributed by atoms with Gasteiger partial charge in [-0.2, -0.15) is 0 Å². The van der Waals surface area contributed by atoms with Crippen LogP contribution in [-0.4, -0.2) is 17.2 Å². The Balaban J connectivity index is 2.13. The number of rotatable bonds is 0. The molecule has 0 unspecified atom stereocenters. The molecule has 1 saturated carbocycles. The van der Waals surface area contributed by atoms with Crippen molar-refractivity contribution in [3.05, 3.63) is 0 Å². The molecule has 0 aromatic rings. The summed E-state index contributed by atoms with van der Waals surface area (Å²) < 4.78 is 0. The van der Waals surface area contributed by atoms with E-state index >= 15 is 0 Å². The first-order valence-electron chi connectivity index (χ1n) is 2.87. The summed E-state index contributed by atoms with van der Waals surface area (Å²) in [5, 5.41) is 7.15. The Morgan fingerprint density at radius 3 is 2.50 bits per heavy atom. The molecular formula is C5H8N2S. The van der Waals surface area contributed by atoms with Crippen molar-refractivity contribution < 1.29 is 0 Å². The van der Waals surface area contributed by atoms with E-state index in [9.17, 15) is 0 Å². The van der Waals surface area contributed by atoms with E-state index in [0.29, 0.717) is 5.54 Å². The fraction of sp³-hybridized carbons (Fsp3) is 0.800. The third-order valence-corrected chi connectivity index (χ3v) is 2.07. The van der Waals surface area contributed by atoms with Crippen LogP contribution in [0.15, 0.2) is 0 Å². The van der Waals surface area contributed by atoms with E-state index in [4.69, 9.17) is 12.2 Å². The lowest BCUT2D eigenvalue weighted by molar-refractivity contribution is 0.658. The smallest absolute Gasteiger partial charge is 0.166 e. The molecule has 2 rings (SSSR count). The van der Waals surface area contributed by atoms with Gasteiger partial charge in [0.25, 0.3) is 0 Å². The molecule has 1 saturated heterocycles. The van der Waals surface area contributed by atoms with Crippen LogP contribution >= 0.6 is 12.2 Å². The van der Waals surface area contributed by atoms with E-state index in [1.54, 1.807) is 0 Å². The summed E-state index contributed by atoms with van der Waals surface area (Å²) in [5.41, 5.74) is 0.414. The van der Waals surface area contributed by atoms with Crippen LogP contribution < -0.4 is 10.6 Å². The largest absolute Gasteiger partial charge is 0.360 e. The summed E-state index contributed by atoms with van der Waals surface area (Å²) in [6, 6.07) is 0. The van der Waals surface area contributed by atoms with Gasteiger partial charge >= 0.3 is 0 Å². The zero-order chi connectivity index (χ0) is 5.61. The maximum absolute atomic E-state index is 4.89. The Labute approximate surface area is 53.6 Å². The second kappa shape index (κ2) is 1.16. The van der Waals surface area contributed by atoms with Crippen molar-refractivity contribution in [2.24, 2.45) is 0 Å². The van der Waals surface area contributed by atoms with Crippen molar-refractivity contribution in [1.82, 2.24) is 10.6 Å². The molecule has 0 radical (unpaired) electrons. The highest BCUT2D eigenvalue weighted by molar-refractivity contribution is 7.80. The molecule has 0 amide bonds. The SMILES string of the molecule is S=C1NCC2(CC2)N1. The molecule has 3 heteroatoms. The molecule has 1 spiro atoms. The van der Waals surface area contributed by atoms with Gasteiger partial charge in [-0.3, -0.25) is 0 Å². The van der Waals surface area contributed by atoms with Gasteiger partial charge in [0.2, 0.25) is 0 Å². The van der Waals surface area contributed by atoms with Crippen LogP contribution in [0.1, 0.15) is 12.8 Å². The van der Waals surface area contributed by atoms with Crippen LogP contribution in [0.5, 0.6) is 0 Å². The normalized spacial score (nSPS) is 29.8.